The molecule has 7 aromatic carbocycles. The van der Waals surface area contributed by atoms with Crippen LogP contribution in [-0.2, 0) is 21.7 Å². The molecule has 456 valence electrons. The van der Waals surface area contributed by atoms with Crippen molar-refractivity contribution in [3.05, 3.63) is 235 Å². The number of anilines is 6. The molecule has 2 nitrogen and oxygen atoms in total. The molecule has 0 saturated heterocycles. The van der Waals surface area contributed by atoms with Gasteiger partial charge in [-0.25, -0.2) is 0 Å². The topological polar surface area (TPSA) is 6.48 Å². The predicted octanol–water partition coefficient (Wildman–Crippen LogP) is 26.6. The number of nitrogens with zero attached hydrogens (tertiary/aromatic N) is 2. The van der Waals surface area contributed by atoms with Gasteiger partial charge in [0.15, 0.2) is 0 Å². The van der Waals surface area contributed by atoms with E-state index in [0.717, 1.165) is 63.1 Å². The minimum atomic E-state index is -0.532. The molecule has 7 aromatic rings. The third kappa shape index (κ3) is 15.2. The molecule has 2 aliphatic carbocycles. The molecular weight excluding hydrogens is 1200 g/mol. The molecule has 4 heteroatoms. The van der Waals surface area contributed by atoms with Crippen molar-refractivity contribution < 1.29 is 0 Å². The molecule has 0 aliphatic heterocycles. The minimum Gasteiger partial charge on any atom is -0.310 e. The van der Waals surface area contributed by atoms with E-state index in [1.54, 1.807) is 0 Å². The number of halogens is 2. The molecule has 0 fully saturated rings. The zero-order valence-electron chi connectivity index (χ0n) is 54.6. The number of rotatable bonds is 28. The highest BCUT2D eigenvalue weighted by Crippen LogP contribution is 2.62. The number of hydrogen-bond acceptors (Lipinski definition) is 2. The summed E-state index contributed by atoms with van der Waals surface area (Å²) in [5.74, 6) is 0. The van der Waals surface area contributed by atoms with Gasteiger partial charge in [0, 0.05) is 53.9 Å². The molecule has 0 radical (unpaired) electrons. The standard InChI is InChI=1S/C84H96Br2N2/c1-11-15-19-23-27-31-55-83(56-32-28-24-20-16-12-2)77-59-71(87(69-47-39-65(85)40-48-69)67-43-35-63(36-44-67)81(5,6)7)51-53-73(77)75-62-80-76(61-79(75)83)74-54-52-72(88(70-49-41-66(86)42-50-70)68-45-37-64(38-46-68)82(8,9)10)60-78(74)84(80,57-33-29-25-21-17-13-3)58-34-30-26-22-18-14-4/h35-55,59-62H,1,12-14,16-18,20-22,24-26,28-30,32-34,56-58H2,2-10H3. The molecule has 2 aliphatic rings. The summed E-state index contributed by atoms with van der Waals surface area (Å²) < 4.78 is 2.13. The molecule has 88 heavy (non-hydrogen) atoms. The molecule has 0 amide bonds. The summed E-state index contributed by atoms with van der Waals surface area (Å²) in [6.07, 6.45) is 27.9. The lowest BCUT2D eigenvalue weighted by Gasteiger charge is -2.35. The van der Waals surface area contributed by atoms with E-state index in [0.29, 0.717) is 0 Å². The molecule has 0 heterocycles. The maximum Gasteiger partial charge on any atom is 0.0475 e. The largest absolute Gasteiger partial charge is 0.310 e. The van der Waals surface area contributed by atoms with Crippen molar-refractivity contribution in [1.82, 2.24) is 0 Å². The third-order valence-electron chi connectivity index (χ3n) is 18.9. The number of hydrogen-bond donors (Lipinski definition) is 0. The summed E-state index contributed by atoms with van der Waals surface area (Å²) in [5, 5.41) is 0. The summed E-state index contributed by atoms with van der Waals surface area (Å²) in [5.41, 5.74) is 38.4. The molecule has 0 spiro atoms. The Bertz CT molecular complexity index is 3700. The first-order valence-corrected chi connectivity index (χ1v) is 35.1. The van der Waals surface area contributed by atoms with E-state index in [1.807, 2.05) is 0 Å². The van der Waals surface area contributed by atoms with Gasteiger partial charge in [-0.1, -0.05) is 258 Å². The maximum atomic E-state index is 3.78. The zero-order valence-corrected chi connectivity index (χ0v) is 57.8. The van der Waals surface area contributed by atoms with Gasteiger partial charge in [-0.05, 0) is 231 Å². The number of unbranched alkanes of at least 4 members (excludes halogenated alkanes) is 15. The average molecular weight is 1290 g/mol. The lowest BCUT2D eigenvalue weighted by Crippen LogP contribution is -2.26. The van der Waals surface area contributed by atoms with Gasteiger partial charge in [0.1, 0.15) is 0 Å². The zero-order chi connectivity index (χ0) is 62.3. The summed E-state index contributed by atoms with van der Waals surface area (Å²) in [7, 11) is 0. The summed E-state index contributed by atoms with van der Waals surface area (Å²) in [6, 6.07) is 56.6. The second kappa shape index (κ2) is 30.4. The van der Waals surface area contributed by atoms with Crippen LogP contribution in [0.5, 0.6) is 0 Å². The van der Waals surface area contributed by atoms with Crippen molar-refractivity contribution >= 4 is 66.0 Å². The molecule has 0 saturated carbocycles. The molecule has 0 aromatic heterocycles. The van der Waals surface area contributed by atoms with Crippen LogP contribution in [0.3, 0.4) is 0 Å². The van der Waals surface area contributed by atoms with Crippen molar-refractivity contribution in [3.8, 4) is 22.3 Å². The SMILES string of the molecule is C=C=C=C=C=C=C=CC1(CCCCCCCC)c2cc(N(c3ccc(Br)cc3)c3ccc(C(C)(C)C)cc3)ccc2-c2cc3c(cc21)-c1ccc(N(c2ccc(Br)cc2)c2ccc(C(C)(C)C)cc2)cc1C3(CCCCCCCC)CCCCCCCC. The Hall–Kier alpha value is -6.48. The quantitative estimate of drug-likeness (QED) is 0.0356. The van der Waals surface area contributed by atoms with Gasteiger partial charge in [0.05, 0.1) is 0 Å². The average Bonchev–Trinajstić information content (AvgIpc) is 1.54. The number of benzene rings is 7. The first-order chi connectivity index (χ1) is 42.6. The van der Waals surface area contributed by atoms with E-state index in [2.05, 4.69) is 297 Å². The third-order valence-corrected chi connectivity index (χ3v) is 20.0. The van der Waals surface area contributed by atoms with Crippen molar-refractivity contribution in [2.45, 2.75) is 219 Å². The predicted molar refractivity (Wildman–Crippen MR) is 386 cm³/mol. The van der Waals surface area contributed by atoms with Crippen LogP contribution in [0.15, 0.2) is 202 Å². The van der Waals surface area contributed by atoms with Gasteiger partial charge >= 0.3 is 0 Å². The van der Waals surface area contributed by atoms with Crippen LogP contribution in [-0.4, -0.2) is 0 Å². The Morgan fingerprint density at radius 1 is 0.375 bits per heavy atom. The Kier molecular flexibility index (Phi) is 22.7. The molecule has 1 atom stereocenters. The van der Waals surface area contributed by atoms with E-state index in [9.17, 15) is 0 Å². The molecule has 1 unspecified atom stereocenters. The highest BCUT2D eigenvalue weighted by Gasteiger charge is 2.48. The Labute approximate surface area is 548 Å². The smallest absolute Gasteiger partial charge is 0.0475 e. The van der Waals surface area contributed by atoms with Crippen LogP contribution in [0.25, 0.3) is 22.3 Å². The van der Waals surface area contributed by atoms with Crippen LogP contribution in [0.1, 0.15) is 231 Å². The monoisotopic (exact) mass is 1290 g/mol. The second-order valence-electron chi connectivity index (χ2n) is 27.2. The van der Waals surface area contributed by atoms with Gasteiger partial charge in [-0.15, -0.1) is 0 Å². The molecule has 9 rings (SSSR count). The van der Waals surface area contributed by atoms with Crippen molar-refractivity contribution in [2.75, 3.05) is 9.80 Å². The fourth-order valence-electron chi connectivity index (χ4n) is 14.0. The molecule has 0 bridgehead atoms. The first kappa shape index (κ1) is 66.0. The number of fused-ring (bicyclic) bond motifs is 6. The first-order valence-electron chi connectivity index (χ1n) is 33.5. The van der Waals surface area contributed by atoms with Crippen LogP contribution < -0.4 is 9.80 Å². The minimum absolute atomic E-state index is 0.0287. The fourth-order valence-corrected chi connectivity index (χ4v) is 14.6. The van der Waals surface area contributed by atoms with Crippen LogP contribution >= 0.6 is 31.9 Å². The summed E-state index contributed by atoms with van der Waals surface area (Å²) in [4.78, 5) is 4.94. The van der Waals surface area contributed by atoms with Crippen molar-refractivity contribution in [2.24, 2.45) is 0 Å². The van der Waals surface area contributed by atoms with Crippen molar-refractivity contribution in [1.29, 1.82) is 0 Å². The highest BCUT2D eigenvalue weighted by molar-refractivity contribution is 9.10. The summed E-state index contributed by atoms with van der Waals surface area (Å²) >= 11 is 7.56. The van der Waals surface area contributed by atoms with Crippen LogP contribution in [0, 0.1) is 0 Å². The van der Waals surface area contributed by atoms with Gasteiger partial charge in [-0.3, -0.25) is 0 Å². The Morgan fingerprint density at radius 3 is 1.16 bits per heavy atom. The van der Waals surface area contributed by atoms with E-state index < -0.39 is 5.41 Å². The lowest BCUT2D eigenvalue weighted by molar-refractivity contribution is 0.398. The number of allylic oxidation sites excluding steroid dienone is 1. The second-order valence-corrected chi connectivity index (χ2v) is 29.0. The van der Waals surface area contributed by atoms with Gasteiger partial charge in [0.2, 0.25) is 0 Å². The van der Waals surface area contributed by atoms with E-state index in [4.69, 9.17) is 0 Å². The van der Waals surface area contributed by atoms with Crippen LogP contribution in [0.4, 0.5) is 34.1 Å². The fraction of sp³-hybridized carbons (Fsp3) is 0.405. The van der Waals surface area contributed by atoms with Crippen LogP contribution in [0.2, 0.25) is 0 Å². The molecule has 0 N–H and O–H groups in total. The van der Waals surface area contributed by atoms with E-state index >= 15 is 0 Å². The maximum absolute atomic E-state index is 3.78. The normalized spacial score (nSPS) is 14.3. The van der Waals surface area contributed by atoms with Gasteiger partial charge in [0.25, 0.3) is 0 Å². The Morgan fingerprint density at radius 2 is 0.716 bits per heavy atom. The van der Waals surface area contributed by atoms with Crippen molar-refractivity contribution in [3.63, 3.8) is 0 Å². The molecular formula is C84H96Br2N2. The lowest BCUT2D eigenvalue weighted by atomic mass is 9.69. The summed E-state index contributed by atoms with van der Waals surface area (Å²) in [6.45, 7) is 24.5. The van der Waals surface area contributed by atoms with Gasteiger partial charge < -0.3 is 9.80 Å². The highest BCUT2D eigenvalue weighted by atomic mass is 79.9. The van der Waals surface area contributed by atoms with Gasteiger partial charge in [-0.2, -0.15) is 0 Å². The van der Waals surface area contributed by atoms with E-state index in [-0.39, 0.29) is 16.2 Å². The van der Waals surface area contributed by atoms with E-state index in [1.165, 1.54) is 170 Å². The Balaban J connectivity index is 1.31.